The Bertz CT molecular complexity index is 835. The highest BCUT2D eigenvalue weighted by atomic mass is 32.1. The van der Waals surface area contributed by atoms with Crippen molar-refractivity contribution in [1.82, 2.24) is 9.80 Å². The van der Waals surface area contributed by atoms with E-state index in [0.717, 1.165) is 29.1 Å². The van der Waals surface area contributed by atoms with Crippen molar-refractivity contribution < 1.29 is 9.59 Å². The minimum absolute atomic E-state index is 0.114. The van der Waals surface area contributed by atoms with Gasteiger partial charge < -0.3 is 9.80 Å². The first-order valence-corrected chi connectivity index (χ1v) is 9.78. The normalized spacial score (nSPS) is 23.8. The van der Waals surface area contributed by atoms with Crippen LogP contribution in [0.5, 0.6) is 0 Å². The Balaban J connectivity index is 1.57. The van der Waals surface area contributed by atoms with Crippen LogP contribution >= 0.6 is 11.3 Å². The molecule has 136 valence electrons. The summed E-state index contributed by atoms with van der Waals surface area (Å²) in [5, 5.41) is 1.97. The van der Waals surface area contributed by atoms with Gasteiger partial charge in [-0.25, -0.2) is 0 Å². The van der Waals surface area contributed by atoms with E-state index in [1.165, 1.54) is 11.3 Å². The first-order valence-electron chi connectivity index (χ1n) is 8.90. The van der Waals surface area contributed by atoms with E-state index in [-0.39, 0.29) is 17.4 Å². The summed E-state index contributed by atoms with van der Waals surface area (Å²) in [5.74, 6) is 0.231. The van der Waals surface area contributed by atoms with Crippen molar-refractivity contribution in [2.75, 3.05) is 38.1 Å². The number of benzene rings is 1. The summed E-state index contributed by atoms with van der Waals surface area (Å²) in [7, 11) is 2.00. The van der Waals surface area contributed by atoms with Crippen molar-refractivity contribution in [1.29, 1.82) is 0 Å². The molecule has 0 aliphatic carbocycles. The van der Waals surface area contributed by atoms with E-state index >= 15 is 0 Å². The highest BCUT2D eigenvalue weighted by molar-refractivity contribution is 7.12. The Labute approximate surface area is 157 Å². The molecule has 2 saturated heterocycles. The van der Waals surface area contributed by atoms with Crippen LogP contribution in [-0.2, 0) is 4.79 Å². The Hall–Kier alpha value is -2.18. The van der Waals surface area contributed by atoms with E-state index < -0.39 is 0 Å². The zero-order chi connectivity index (χ0) is 18.3. The molecule has 1 spiro atoms. The van der Waals surface area contributed by atoms with Crippen LogP contribution in [0.2, 0.25) is 0 Å². The summed E-state index contributed by atoms with van der Waals surface area (Å²) in [6.07, 6.45) is 0.885. The molecule has 26 heavy (non-hydrogen) atoms. The summed E-state index contributed by atoms with van der Waals surface area (Å²) in [5.41, 5.74) is 1.80. The molecule has 2 aromatic rings. The largest absolute Gasteiger partial charge is 0.336 e. The van der Waals surface area contributed by atoms with Gasteiger partial charge in [0.1, 0.15) is 0 Å². The molecule has 0 saturated carbocycles. The van der Waals surface area contributed by atoms with E-state index in [1.807, 2.05) is 65.5 Å². The lowest BCUT2D eigenvalue weighted by atomic mass is 9.92. The molecule has 5 nitrogen and oxygen atoms in total. The first-order chi connectivity index (χ1) is 12.5. The number of anilines is 1. The van der Waals surface area contributed by atoms with Gasteiger partial charge in [-0.15, -0.1) is 11.3 Å². The third kappa shape index (κ3) is 2.83. The number of rotatable bonds is 2. The summed E-state index contributed by atoms with van der Waals surface area (Å²) >= 11 is 1.51. The molecule has 0 N–H and O–H groups in total. The van der Waals surface area contributed by atoms with Crippen molar-refractivity contribution in [3.63, 3.8) is 0 Å². The minimum Gasteiger partial charge on any atom is -0.336 e. The number of aryl methyl sites for hydroxylation is 1. The van der Waals surface area contributed by atoms with Gasteiger partial charge in [0, 0.05) is 25.3 Å². The van der Waals surface area contributed by atoms with Gasteiger partial charge in [0.05, 0.1) is 17.0 Å². The smallest absolute Gasteiger partial charge is 0.264 e. The average molecular weight is 369 g/mol. The predicted octanol–water partition coefficient (Wildman–Crippen LogP) is 2.62. The van der Waals surface area contributed by atoms with E-state index in [2.05, 4.69) is 4.90 Å². The van der Waals surface area contributed by atoms with E-state index in [1.54, 1.807) is 0 Å². The number of carbonyl (C=O) groups excluding carboxylic acids is 2. The summed E-state index contributed by atoms with van der Waals surface area (Å²) in [6.45, 7) is 4.39. The maximum atomic E-state index is 12.9. The van der Waals surface area contributed by atoms with Crippen molar-refractivity contribution >= 4 is 28.8 Å². The van der Waals surface area contributed by atoms with Gasteiger partial charge in [-0.2, -0.15) is 0 Å². The van der Waals surface area contributed by atoms with Crippen molar-refractivity contribution in [3.8, 4) is 0 Å². The molecule has 2 amide bonds. The second-order valence-corrected chi connectivity index (χ2v) is 8.22. The first kappa shape index (κ1) is 17.2. The molecule has 2 fully saturated rings. The maximum Gasteiger partial charge on any atom is 0.264 e. The Morgan fingerprint density at radius 1 is 1.15 bits per heavy atom. The number of para-hydroxylation sites is 1. The van der Waals surface area contributed by atoms with Crippen LogP contribution in [0.1, 0.15) is 21.7 Å². The number of piperazine rings is 1. The number of hydrogen-bond donors (Lipinski definition) is 0. The Kier molecular flexibility index (Phi) is 4.32. The third-order valence-corrected chi connectivity index (χ3v) is 6.68. The zero-order valence-corrected chi connectivity index (χ0v) is 16.0. The van der Waals surface area contributed by atoms with E-state index in [0.29, 0.717) is 19.6 Å². The predicted molar refractivity (Wildman–Crippen MR) is 104 cm³/mol. The number of likely N-dealkylation sites (tertiary alicyclic amines) is 1. The second-order valence-electron chi connectivity index (χ2n) is 7.31. The lowest BCUT2D eigenvalue weighted by molar-refractivity contribution is -0.123. The number of hydrogen-bond acceptors (Lipinski definition) is 4. The SMILES string of the molecule is Cc1ccsc1C(=O)N1CC[C@@]2(C1)CN(c1ccccc1)C(=O)CN2C. The highest BCUT2D eigenvalue weighted by Crippen LogP contribution is 2.34. The number of likely N-dealkylation sites (N-methyl/N-ethyl adjacent to an activating group) is 1. The van der Waals surface area contributed by atoms with Gasteiger partial charge in [-0.3, -0.25) is 14.5 Å². The molecular formula is C20H23N3O2S. The van der Waals surface area contributed by atoms with Gasteiger partial charge in [0.15, 0.2) is 0 Å². The minimum atomic E-state index is -0.176. The van der Waals surface area contributed by atoms with E-state index in [4.69, 9.17) is 0 Å². The quantitative estimate of drug-likeness (QED) is 0.817. The second kappa shape index (κ2) is 6.52. The molecule has 3 heterocycles. The molecule has 2 aliphatic rings. The number of amides is 2. The standard InChI is InChI=1S/C20H23N3O2S/c1-15-8-11-26-18(15)19(25)22-10-9-20(13-22)14-23(17(24)12-21(20)2)16-6-4-3-5-7-16/h3-8,11H,9-10,12-14H2,1-2H3/t20-/m1/s1. The van der Waals surface area contributed by atoms with Crippen LogP contribution in [0.3, 0.4) is 0 Å². The van der Waals surface area contributed by atoms with E-state index in [9.17, 15) is 9.59 Å². The number of thiophene rings is 1. The van der Waals surface area contributed by atoms with Gasteiger partial charge in [0.2, 0.25) is 5.91 Å². The van der Waals surface area contributed by atoms with Crippen LogP contribution in [0.15, 0.2) is 41.8 Å². The molecular weight excluding hydrogens is 346 g/mol. The Morgan fingerprint density at radius 3 is 2.62 bits per heavy atom. The molecule has 0 radical (unpaired) electrons. The molecule has 1 aromatic carbocycles. The molecule has 0 unspecified atom stereocenters. The van der Waals surface area contributed by atoms with Crippen molar-refractivity contribution in [2.24, 2.45) is 0 Å². The lowest BCUT2D eigenvalue weighted by Crippen LogP contribution is -2.64. The lowest BCUT2D eigenvalue weighted by Gasteiger charge is -2.46. The summed E-state index contributed by atoms with van der Waals surface area (Å²) < 4.78 is 0. The van der Waals surface area contributed by atoms with Crippen molar-refractivity contribution in [3.05, 3.63) is 52.2 Å². The number of nitrogens with zero attached hydrogens (tertiary/aromatic N) is 3. The van der Waals surface area contributed by atoms with Crippen LogP contribution in [0.25, 0.3) is 0 Å². The molecule has 1 atom stereocenters. The van der Waals surface area contributed by atoms with Gasteiger partial charge in [-0.1, -0.05) is 18.2 Å². The fourth-order valence-electron chi connectivity index (χ4n) is 4.01. The maximum absolute atomic E-state index is 12.9. The fraction of sp³-hybridized carbons (Fsp3) is 0.400. The zero-order valence-electron chi connectivity index (χ0n) is 15.1. The summed E-state index contributed by atoms with van der Waals surface area (Å²) in [6, 6.07) is 11.8. The van der Waals surface area contributed by atoms with Crippen molar-refractivity contribution in [2.45, 2.75) is 18.9 Å². The molecule has 0 bridgehead atoms. The molecule has 6 heteroatoms. The van der Waals surface area contributed by atoms with Crippen LogP contribution in [0, 0.1) is 6.92 Å². The fourth-order valence-corrected chi connectivity index (χ4v) is 4.90. The van der Waals surface area contributed by atoms with Crippen LogP contribution in [0.4, 0.5) is 5.69 Å². The van der Waals surface area contributed by atoms with Gasteiger partial charge >= 0.3 is 0 Å². The van der Waals surface area contributed by atoms with Gasteiger partial charge in [-0.05, 0) is 49.5 Å². The third-order valence-electron chi connectivity index (χ3n) is 5.68. The van der Waals surface area contributed by atoms with Crippen LogP contribution < -0.4 is 4.90 Å². The topological polar surface area (TPSA) is 43.9 Å². The molecule has 4 rings (SSSR count). The number of carbonyl (C=O) groups is 2. The summed E-state index contributed by atoms with van der Waals surface area (Å²) in [4.78, 5) is 32.3. The molecule has 1 aromatic heterocycles. The highest BCUT2D eigenvalue weighted by Gasteiger charge is 2.48. The van der Waals surface area contributed by atoms with Gasteiger partial charge in [0.25, 0.3) is 5.91 Å². The molecule has 2 aliphatic heterocycles. The monoisotopic (exact) mass is 369 g/mol. The Morgan fingerprint density at radius 2 is 1.92 bits per heavy atom. The average Bonchev–Trinajstić information content (AvgIpc) is 3.26. The van der Waals surface area contributed by atoms with Crippen LogP contribution in [-0.4, -0.2) is 60.4 Å².